The first-order valence-corrected chi connectivity index (χ1v) is 12.3. The number of piperidine rings is 1. The number of amides is 1. The molecule has 1 amide bonds. The number of nitrogens with zero attached hydrogens (tertiary/aromatic N) is 3. The Morgan fingerprint density at radius 2 is 2.09 bits per heavy atom. The van der Waals surface area contributed by atoms with Crippen molar-refractivity contribution >= 4 is 27.6 Å². The van der Waals surface area contributed by atoms with Gasteiger partial charge in [-0.2, -0.15) is 0 Å². The lowest BCUT2D eigenvalue weighted by molar-refractivity contribution is 0.0951. The fourth-order valence-electron chi connectivity index (χ4n) is 4.13. The maximum atomic E-state index is 12.1. The van der Waals surface area contributed by atoms with Gasteiger partial charge in [-0.3, -0.25) is 4.79 Å². The fourth-order valence-corrected chi connectivity index (χ4v) is 5.22. The number of fused-ring (bicyclic) bond motifs is 1. The third-order valence-electron chi connectivity index (χ3n) is 5.57. The van der Waals surface area contributed by atoms with Crippen LogP contribution in [0.5, 0.6) is 5.75 Å². The maximum absolute atomic E-state index is 12.1. The van der Waals surface area contributed by atoms with Crippen molar-refractivity contribution in [1.29, 1.82) is 0 Å². The second-order valence-electron chi connectivity index (χ2n) is 8.00. The number of hydrogen-bond donors (Lipinski definition) is 2. The molecule has 0 spiro atoms. The van der Waals surface area contributed by atoms with Gasteiger partial charge < -0.3 is 20.7 Å². The predicted molar refractivity (Wildman–Crippen MR) is 122 cm³/mol. The fraction of sp³-hybridized carbons (Fsp3) is 0.409. The first-order valence-electron chi connectivity index (χ1n) is 10.7. The number of nitrogens with one attached hydrogen (secondary N) is 1. The maximum Gasteiger partial charge on any atom is 0.269 e. The monoisotopic (exact) mass is 457 g/mol. The van der Waals surface area contributed by atoms with Gasteiger partial charge in [0, 0.05) is 25.6 Å². The molecular weight excluding hydrogens is 430 g/mol. The van der Waals surface area contributed by atoms with Crippen LogP contribution in [0.4, 0.5) is 5.82 Å². The lowest BCUT2D eigenvalue weighted by Crippen LogP contribution is -2.38. The minimum atomic E-state index is -3.58. The van der Waals surface area contributed by atoms with Gasteiger partial charge in [0.15, 0.2) is 0 Å². The molecule has 2 aliphatic heterocycles. The average molecular weight is 458 g/mol. The molecule has 9 nitrogen and oxygen atoms in total. The zero-order chi connectivity index (χ0) is 22.7. The Balaban J connectivity index is 1.44. The van der Waals surface area contributed by atoms with Gasteiger partial charge in [-0.15, -0.1) is 4.40 Å². The van der Waals surface area contributed by atoms with E-state index in [-0.39, 0.29) is 23.4 Å². The van der Waals surface area contributed by atoms with Crippen molar-refractivity contribution in [1.82, 2.24) is 10.3 Å². The third-order valence-corrected chi connectivity index (χ3v) is 6.72. The van der Waals surface area contributed by atoms with Gasteiger partial charge in [0.05, 0.1) is 17.9 Å². The highest BCUT2D eigenvalue weighted by molar-refractivity contribution is 7.89. The van der Waals surface area contributed by atoms with E-state index in [0.717, 1.165) is 31.7 Å². The van der Waals surface area contributed by atoms with Crippen LogP contribution < -0.4 is 20.7 Å². The Bertz CT molecular complexity index is 1150. The third kappa shape index (κ3) is 4.85. The molecule has 0 radical (unpaired) electrons. The summed E-state index contributed by atoms with van der Waals surface area (Å²) in [4.78, 5) is 18.8. The van der Waals surface area contributed by atoms with Crippen molar-refractivity contribution in [2.75, 3.05) is 31.1 Å². The van der Waals surface area contributed by atoms with Crippen molar-refractivity contribution in [3.63, 3.8) is 0 Å². The van der Waals surface area contributed by atoms with Crippen LogP contribution in [0, 0.1) is 5.92 Å². The number of amidine groups is 1. The summed E-state index contributed by atoms with van der Waals surface area (Å²) in [5.74, 6) is 1.19. The predicted octanol–water partition coefficient (Wildman–Crippen LogP) is 1.68. The summed E-state index contributed by atoms with van der Waals surface area (Å²) in [7, 11) is -3.58. The second kappa shape index (κ2) is 9.15. The molecule has 1 atom stereocenters. The Kier molecular flexibility index (Phi) is 6.31. The van der Waals surface area contributed by atoms with Crippen molar-refractivity contribution in [2.45, 2.75) is 25.5 Å². The zero-order valence-electron chi connectivity index (χ0n) is 18.0. The van der Waals surface area contributed by atoms with Crippen LogP contribution in [0.25, 0.3) is 0 Å². The van der Waals surface area contributed by atoms with Gasteiger partial charge in [-0.1, -0.05) is 18.2 Å². The number of sulfonamides is 1. The molecule has 0 saturated carbocycles. The smallest absolute Gasteiger partial charge is 0.269 e. The summed E-state index contributed by atoms with van der Waals surface area (Å²) in [6.07, 6.45) is 1.98. The molecule has 3 heterocycles. The minimum Gasteiger partial charge on any atom is -0.492 e. The molecule has 1 fully saturated rings. The number of nitrogens with two attached hydrogens (primary N) is 1. The first kappa shape index (κ1) is 22.1. The van der Waals surface area contributed by atoms with Crippen LogP contribution in [0.1, 0.15) is 41.4 Å². The molecule has 2 aromatic rings. The van der Waals surface area contributed by atoms with E-state index in [4.69, 9.17) is 10.5 Å². The Morgan fingerprint density at radius 3 is 2.91 bits per heavy atom. The van der Waals surface area contributed by atoms with Gasteiger partial charge in [0.2, 0.25) is 0 Å². The molecule has 170 valence electrons. The topological polar surface area (TPSA) is 127 Å². The molecule has 3 N–H and O–H groups in total. The number of anilines is 1. The van der Waals surface area contributed by atoms with Crippen LogP contribution in [0.2, 0.25) is 0 Å². The zero-order valence-corrected chi connectivity index (χ0v) is 18.8. The number of hydrogen-bond acceptors (Lipinski definition) is 7. The van der Waals surface area contributed by atoms with E-state index in [1.807, 2.05) is 19.1 Å². The molecule has 4 rings (SSSR count). The number of carbonyl (C=O) groups is 1. The van der Waals surface area contributed by atoms with Gasteiger partial charge >= 0.3 is 0 Å². The molecule has 0 bridgehead atoms. The summed E-state index contributed by atoms with van der Waals surface area (Å²) in [6, 6.07) is 10.8. The average Bonchev–Trinajstić information content (AvgIpc) is 2.77. The molecule has 0 aliphatic carbocycles. The first-order chi connectivity index (χ1) is 15.4. The van der Waals surface area contributed by atoms with Crippen LogP contribution in [-0.2, 0) is 15.8 Å². The largest absolute Gasteiger partial charge is 0.492 e. The Labute approximate surface area is 187 Å². The molecule has 2 aliphatic rings. The van der Waals surface area contributed by atoms with Crippen LogP contribution >= 0.6 is 0 Å². The summed E-state index contributed by atoms with van der Waals surface area (Å²) >= 11 is 0. The quantitative estimate of drug-likeness (QED) is 0.675. The van der Waals surface area contributed by atoms with Gasteiger partial charge in [-0.05, 0) is 43.5 Å². The van der Waals surface area contributed by atoms with Crippen LogP contribution in [-0.4, -0.2) is 51.4 Å². The number of ether oxygens (including phenoxy) is 1. The van der Waals surface area contributed by atoms with Crippen molar-refractivity contribution in [2.24, 2.45) is 16.0 Å². The SMILES string of the molecule is CCNC(=O)c1cccc(N2CCC[C@H](COc3cccc4c3C(N)=NS(=O)(=O)C4)C2)n1. The van der Waals surface area contributed by atoms with E-state index in [2.05, 4.69) is 19.6 Å². The molecule has 1 saturated heterocycles. The highest BCUT2D eigenvalue weighted by Gasteiger charge is 2.27. The van der Waals surface area contributed by atoms with E-state index in [9.17, 15) is 13.2 Å². The van der Waals surface area contributed by atoms with Gasteiger partial charge in [0.25, 0.3) is 15.9 Å². The minimum absolute atomic E-state index is 0.0292. The number of pyridine rings is 1. The Morgan fingerprint density at radius 1 is 1.28 bits per heavy atom. The van der Waals surface area contributed by atoms with Crippen LogP contribution in [0.15, 0.2) is 40.8 Å². The molecule has 1 aromatic heterocycles. The summed E-state index contributed by atoms with van der Waals surface area (Å²) in [6.45, 7) is 4.50. The van der Waals surface area contributed by atoms with Crippen molar-refractivity contribution in [3.8, 4) is 5.75 Å². The molecule has 1 aromatic carbocycles. The summed E-state index contributed by atoms with van der Waals surface area (Å²) < 4.78 is 33.5. The van der Waals surface area contributed by atoms with E-state index >= 15 is 0 Å². The lowest BCUT2D eigenvalue weighted by atomic mass is 9.98. The Hall–Kier alpha value is -3.14. The van der Waals surface area contributed by atoms with Gasteiger partial charge in [0.1, 0.15) is 23.1 Å². The summed E-state index contributed by atoms with van der Waals surface area (Å²) in [5.41, 5.74) is 7.50. The van der Waals surface area contributed by atoms with E-state index in [0.29, 0.717) is 35.7 Å². The number of benzene rings is 1. The van der Waals surface area contributed by atoms with E-state index in [1.54, 1.807) is 24.3 Å². The highest BCUT2D eigenvalue weighted by Crippen LogP contribution is 2.29. The number of carbonyl (C=O) groups excluding carboxylic acids is 1. The van der Waals surface area contributed by atoms with E-state index in [1.165, 1.54) is 0 Å². The molecular formula is C22H27N5O4S. The number of rotatable bonds is 6. The molecule has 10 heteroatoms. The number of aromatic nitrogens is 1. The van der Waals surface area contributed by atoms with E-state index < -0.39 is 10.0 Å². The highest BCUT2D eigenvalue weighted by atomic mass is 32.2. The lowest BCUT2D eigenvalue weighted by Gasteiger charge is -2.33. The standard InChI is InChI=1S/C22H27N5O4S/c1-2-24-22(28)17-8-4-10-19(25-17)27-11-5-6-15(12-27)13-31-18-9-3-7-16-14-32(29,30)26-21(23)20(16)18/h3-4,7-10,15H,2,5-6,11-14H2,1H3,(H2,23,26)(H,24,28)/t15-/m0/s1. The van der Waals surface area contributed by atoms with Gasteiger partial charge in [-0.25, -0.2) is 13.4 Å². The molecule has 0 unspecified atom stereocenters. The second-order valence-corrected chi connectivity index (χ2v) is 9.63. The van der Waals surface area contributed by atoms with Crippen molar-refractivity contribution in [3.05, 3.63) is 53.2 Å². The van der Waals surface area contributed by atoms with Crippen molar-refractivity contribution < 1.29 is 17.9 Å². The molecule has 32 heavy (non-hydrogen) atoms. The normalized spacial score (nSPS) is 19.6. The summed E-state index contributed by atoms with van der Waals surface area (Å²) in [5, 5.41) is 2.78. The van der Waals surface area contributed by atoms with Crippen LogP contribution in [0.3, 0.4) is 0 Å².